The number of rotatable bonds is 6. The molecule has 36 heavy (non-hydrogen) atoms. The summed E-state index contributed by atoms with van der Waals surface area (Å²) in [5.74, 6) is 1.14. The standard InChI is InChI=1S/C32H42N2O2/c35-30(24-33-17-9-3-10-18-33)36-29-23-32(34-19-11-4-12-20-34)21-27(25-13-5-1-6-14-25)31(29)28(22-32)26-15-7-2-8-16-26/h1-2,5-8,13-16,27-29,31H,3-4,9-12,17-24H2/t27-,28-,29+,31?,32?/m0/s1. The number of likely N-dealkylation sites (tertiary alicyclic amines) is 2. The Balaban J connectivity index is 1.35. The molecular weight excluding hydrogens is 444 g/mol. The molecule has 192 valence electrons. The highest BCUT2D eigenvalue weighted by molar-refractivity contribution is 5.72. The Hall–Kier alpha value is -2.17. The molecular formula is C32H42N2O2. The highest BCUT2D eigenvalue weighted by Crippen LogP contribution is 2.60. The van der Waals surface area contributed by atoms with Crippen LogP contribution < -0.4 is 0 Å². The molecule has 0 N–H and O–H groups in total. The van der Waals surface area contributed by atoms with Crippen LogP contribution in [-0.4, -0.2) is 60.1 Å². The van der Waals surface area contributed by atoms with Crippen LogP contribution in [-0.2, 0) is 9.53 Å². The lowest BCUT2D eigenvalue weighted by Gasteiger charge is -2.62. The predicted molar refractivity (Wildman–Crippen MR) is 144 cm³/mol. The Kier molecular flexibility index (Phi) is 7.17. The van der Waals surface area contributed by atoms with Crippen LogP contribution in [0.3, 0.4) is 0 Å². The van der Waals surface area contributed by atoms with E-state index in [-0.39, 0.29) is 17.6 Å². The summed E-state index contributed by atoms with van der Waals surface area (Å²) in [5, 5.41) is 0. The minimum atomic E-state index is -0.0258. The molecule has 0 spiro atoms. The number of nitrogens with zero attached hydrogens (tertiary/aromatic N) is 2. The van der Waals surface area contributed by atoms with Gasteiger partial charge in [0, 0.05) is 17.9 Å². The number of hydrogen-bond donors (Lipinski definition) is 0. The van der Waals surface area contributed by atoms with Gasteiger partial charge in [0.25, 0.3) is 0 Å². The van der Waals surface area contributed by atoms with Gasteiger partial charge in [-0.15, -0.1) is 0 Å². The van der Waals surface area contributed by atoms with Gasteiger partial charge in [0.1, 0.15) is 6.10 Å². The monoisotopic (exact) mass is 486 g/mol. The fourth-order valence-electron chi connectivity index (χ4n) is 8.11. The van der Waals surface area contributed by atoms with Crippen molar-refractivity contribution in [1.29, 1.82) is 0 Å². The quantitative estimate of drug-likeness (QED) is 0.470. The van der Waals surface area contributed by atoms with Gasteiger partial charge in [-0.25, -0.2) is 0 Å². The Labute approximate surface area is 217 Å². The molecule has 3 saturated carbocycles. The Morgan fingerprint density at radius 1 is 0.722 bits per heavy atom. The lowest BCUT2D eigenvalue weighted by atomic mass is 9.51. The van der Waals surface area contributed by atoms with Gasteiger partial charge in [0.15, 0.2) is 0 Å². The number of piperidine rings is 2. The van der Waals surface area contributed by atoms with Crippen LogP contribution in [0.2, 0.25) is 0 Å². The second-order valence-electron chi connectivity index (χ2n) is 11.9. The van der Waals surface area contributed by atoms with E-state index in [0.29, 0.717) is 24.3 Å². The molecule has 2 aromatic rings. The third kappa shape index (κ3) is 4.87. The number of fused-ring (bicyclic) bond motifs is 3. The lowest BCUT2D eigenvalue weighted by molar-refractivity contribution is -0.171. The fourth-order valence-corrected chi connectivity index (χ4v) is 8.11. The molecule has 4 heteroatoms. The summed E-state index contributed by atoms with van der Waals surface area (Å²) in [5.41, 5.74) is 2.94. The SMILES string of the molecule is O=C(CN1CCCCC1)O[C@@H]1CC2(N3CCCCC3)C[C@@H](c3ccccc3)C1[C@H](c1ccccc1)C2. The summed E-state index contributed by atoms with van der Waals surface area (Å²) in [6.45, 7) is 4.87. The number of ether oxygens (including phenoxy) is 1. The first-order chi connectivity index (χ1) is 17.7. The molecule has 5 fully saturated rings. The van der Waals surface area contributed by atoms with Crippen LogP contribution in [0.4, 0.5) is 0 Å². The van der Waals surface area contributed by atoms with Gasteiger partial charge in [-0.05, 0) is 87.7 Å². The van der Waals surface area contributed by atoms with Crippen molar-refractivity contribution in [1.82, 2.24) is 9.80 Å². The smallest absolute Gasteiger partial charge is 0.320 e. The molecule has 0 radical (unpaired) electrons. The average Bonchev–Trinajstić information content (AvgIpc) is 2.95. The number of hydrogen-bond acceptors (Lipinski definition) is 4. The second kappa shape index (κ2) is 10.7. The Morgan fingerprint density at radius 3 is 1.81 bits per heavy atom. The van der Waals surface area contributed by atoms with Gasteiger partial charge in [0.2, 0.25) is 0 Å². The molecule has 2 aliphatic heterocycles. The molecule has 2 bridgehead atoms. The molecule has 2 aromatic carbocycles. The van der Waals surface area contributed by atoms with E-state index in [2.05, 4.69) is 70.5 Å². The lowest BCUT2D eigenvalue weighted by Crippen LogP contribution is -2.64. The van der Waals surface area contributed by atoms with Crippen LogP contribution in [0.5, 0.6) is 0 Å². The summed E-state index contributed by atoms with van der Waals surface area (Å²) in [7, 11) is 0. The van der Waals surface area contributed by atoms with E-state index in [1.807, 2.05) is 0 Å². The van der Waals surface area contributed by atoms with Crippen LogP contribution in [0.15, 0.2) is 60.7 Å². The maximum absolute atomic E-state index is 13.3. The van der Waals surface area contributed by atoms with Crippen molar-refractivity contribution in [3.8, 4) is 0 Å². The average molecular weight is 487 g/mol. The maximum atomic E-state index is 13.3. The molecule has 3 atom stereocenters. The molecule has 2 saturated heterocycles. The second-order valence-corrected chi connectivity index (χ2v) is 11.9. The number of carbonyl (C=O) groups excluding carboxylic acids is 1. The Morgan fingerprint density at radius 2 is 1.25 bits per heavy atom. The zero-order chi connectivity index (χ0) is 24.4. The number of esters is 1. The first kappa shape index (κ1) is 24.2. The maximum Gasteiger partial charge on any atom is 0.320 e. The molecule has 2 heterocycles. The highest BCUT2D eigenvalue weighted by atomic mass is 16.5. The summed E-state index contributed by atoms with van der Waals surface area (Å²) in [6, 6.07) is 22.2. The number of carbonyl (C=O) groups is 1. The van der Waals surface area contributed by atoms with Crippen LogP contribution in [0.25, 0.3) is 0 Å². The molecule has 0 amide bonds. The minimum Gasteiger partial charge on any atom is -0.461 e. The van der Waals surface area contributed by atoms with Crippen molar-refractivity contribution < 1.29 is 9.53 Å². The summed E-state index contributed by atoms with van der Waals surface area (Å²) in [4.78, 5) is 18.5. The van der Waals surface area contributed by atoms with E-state index in [4.69, 9.17) is 4.74 Å². The largest absolute Gasteiger partial charge is 0.461 e. The van der Waals surface area contributed by atoms with Crippen LogP contribution in [0.1, 0.15) is 80.8 Å². The number of benzene rings is 2. The Bertz CT molecular complexity index is 948. The highest BCUT2D eigenvalue weighted by Gasteiger charge is 2.59. The van der Waals surface area contributed by atoms with Gasteiger partial charge < -0.3 is 4.74 Å². The minimum absolute atomic E-state index is 0.0122. The molecule has 4 nitrogen and oxygen atoms in total. The van der Waals surface area contributed by atoms with Gasteiger partial charge in [-0.2, -0.15) is 0 Å². The van der Waals surface area contributed by atoms with Crippen LogP contribution >= 0.6 is 0 Å². The third-order valence-corrected chi connectivity index (χ3v) is 9.71. The predicted octanol–water partition coefficient (Wildman–Crippen LogP) is 5.99. The van der Waals surface area contributed by atoms with E-state index in [1.165, 1.54) is 75.6 Å². The third-order valence-electron chi connectivity index (χ3n) is 9.71. The van der Waals surface area contributed by atoms with E-state index in [0.717, 1.165) is 19.5 Å². The summed E-state index contributed by atoms with van der Waals surface area (Å²) in [6.07, 6.45) is 10.9. The first-order valence-electron chi connectivity index (χ1n) is 14.5. The van der Waals surface area contributed by atoms with Crippen molar-refractivity contribution >= 4 is 5.97 Å². The van der Waals surface area contributed by atoms with Gasteiger partial charge in [-0.3, -0.25) is 14.6 Å². The molecule has 7 rings (SSSR count). The van der Waals surface area contributed by atoms with E-state index < -0.39 is 0 Å². The van der Waals surface area contributed by atoms with Gasteiger partial charge in [-0.1, -0.05) is 73.5 Å². The molecule has 5 aliphatic rings. The van der Waals surface area contributed by atoms with Crippen molar-refractivity contribution in [3.63, 3.8) is 0 Å². The van der Waals surface area contributed by atoms with Gasteiger partial charge in [0.05, 0.1) is 6.54 Å². The fraction of sp³-hybridized carbons (Fsp3) is 0.594. The van der Waals surface area contributed by atoms with E-state index >= 15 is 0 Å². The topological polar surface area (TPSA) is 32.8 Å². The molecule has 3 aliphatic carbocycles. The first-order valence-corrected chi connectivity index (χ1v) is 14.5. The summed E-state index contributed by atoms with van der Waals surface area (Å²) < 4.78 is 6.54. The molecule has 0 aromatic heterocycles. The zero-order valence-corrected chi connectivity index (χ0v) is 21.7. The van der Waals surface area contributed by atoms with Crippen molar-refractivity contribution in [3.05, 3.63) is 71.8 Å². The summed E-state index contributed by atoms with van der Waals surface area (Å²) >= 11 is 0. The van der Waals surface area contributed by atoms with Crippen molar-refractivity contribution in [2.24, 2.45) is 5.92 Å². The van der Waals surface area contributed by atoms with Gasteiger partial charge >= 0.3 is 5.97 Å². The van der Waals surface area contributed by atoms with E-state index in [9.17, 15) is 4.79 Å². The van der Waals surface area contributed by atoms with Crippen molar-refractivity contribution in [2.45, 2.75) is 81.3 Å². The van der Waals surface area contributed by atoms with Crippen molar-refractivity contribution in [2.75, 3.05) is 32.7 Å². The normalized spacial score (nSPS) is 33.3. The molecule has 0 unspecified atom stereocenters. The zero-order valence-electron chi connectivity index (χ0n) is 21.7. The van der Waals surface area contributed by atoms with Crippen LogP contribution in [0, 0.1) is 5.92 Å². The van der Waals surface area contributed by atoms with E-state index in [1.54, 1.807) is 0 Å².